The second-order valence-corrected chi connectivity index (χ2v) is 9.14. The maximum atomic E-state index is 13.4. The monoisotopic (exact) mass is 446 g/mol. The zero-order chi connectivity index (χ0) is 23.2. The highest BCUT2D eigenvalue weighted by Gasteiger charge is 2.34. The molecule has 0 aliphatic carbocycles. The molecule has 0 amide bonds. The summed E-state index contributed by atoms with van der Waals surface area (Å²) in [5.41, 5.74) is 1.34. The molecule has 0 unspecified atom stereocenters. The summed E-state index contributed by atoms with van der Waals surface area (Å²) in [6.45, 7) is 7.02. The number of Topliss-reactive ketones (excluding diaryl/α,β-unsaturated/α-hetero) is 1. The van der Waals surface area contributed by atoms with Crippen molar-refractivity contribution in [3.63, 3.8) is 0 Å². The molecule has 0 N–H and O–H groups in total. The van der Waals surface area contributed by atoms with Crippen LogP contribution in [0, 0.1) is 10.1 Å². The summed E-state index contributed by atoms with van der Waals surface area (Å²) in [6.07, 6.45) is 0.556. The topological polar surface area (TPSA) is 107 Å². The Labute approximate surface area is 182 Å². The molecule has 0 radical (unpaired) electrons. The number of carbonyl (C=O) groups excluding carboxylic acids is 1. The van der Waals surface area contributed by atoms with Crippen molar-refractivity contribution >= 4 is 21.5 Å². The summed E-state index contributed by atoms with van der Waals surface area (Å²) in [5, 5.41) is 10.9. The number of nitro groups is 1. The van der Waals surface area contributed by atoms with Crippen LogP contribution < -0.4 is 4.74 Å². The van der Waals surface area contributed by atoms with Crippen molar-refractivity contribution in [1.82, 2.24) is 4.31 Å². The van der Waals surface area contributed by atoms with E-state index >= 15 is 0 Å². The van der Waals surface area contributed by atoms with Gasteiger partial charge in [-0.05, 0) is 56.5 Å². The summed E-state index contributed by atoms with van der Waals surface area (Å²) in [6, 6.07) is 10.8. The molecule has 166 valence electrons. The molecule has 0 fully saturated rings. The molecule has 2 aromatic rings. The second kappa shape index (κ2) is 10.3. The van der Waals surface area contributed by atoms with Gasteiger partial charge in [-0.25, -0.2) is 8.42 Å². The van der Waals surface area contributed by atoms with Crippen LogP contribution in [0.25, 0.3) is 0 Å². The summed E-state index contributed by atoms with van der Waals surface area (Å²) in [4.78, 5) is 22.7. The number of methoxy groups -OCH3 is 1. The number of hydrogen-bond acceptors (Lipinski definition) is 6. The van der Waals surface area contributed by atoms with Crippen molar-refractivity contribution in [3.05, 3.63) is 76.4 Å². The molecule has 8 nitrogen and oxygen atoms in total. The van der Waals surface area contributed by atoms with E-state index in [2.05, 4.69) is 6.58 Å². The highest BCUT2D eigenvalue weighted by molar-refractivity contribution is 7.89. The highest BCUT2D eigenvalue weighted by Crippen LogP contribution is 2.25. The zero-order valence-electron chi connectivity index (χ0n) is 17.8. The summed E-state index contributed by atoms with van der Waals surface area (Å²) in [7, 11) is -2.55. The van der Waals surface area contributed by atoms with Crippen molar-refractivity contribution in [2.45, 2.75) is 37.6 Å². The first-order valence-electron chi connectivity index (χ1n) is 9.60. The third kappa shape index (κ3) is 6.22. The van der Waals surface area contributed by atoms with Gasteiger partial charge in [0.1, 0.15) is 11.5 Å². The van der Waals surface area contributed by atoms with Crippen LogP contribution in [0.2, 0.25) is 0 Å². The molecule has 2 rings (SSSR count). The molecule has 0 saturated heterocycles. The van der Waals surface area contributed by atoms with Crippen molar-refractivity contribution in [2.75, 3.05) is 13.7 Å². The minimum atomic E-state index is -4.09. The Balaban J connectivity index is 2.45. The minimum Gasteiger partial charge on any atom is -0.497 e. The molecule has 0 aromatic heterocycles. The third-order valence-corrected chi connectivity index (χ3v) is 6.74. The minimum absolute atomic E-state index is 0.0645. The molecule has 0 saturated carbocycles. The Morgan fingerprint density at radius 3 is 2.16 bits per heavy atom. The fourth-order valence-corrected chi connectivity index (χ4v) is 4.69. The summed E-state index contributed by atoms with van der Waals surface area (Å²) in [5.74, 6) is 0.351. The van der Waals surface area contributed by atoms with Gasteiger partial charge in [0.25, 0.3) is 5.69 Å². The predicted octanol–water partition coefficient (Wildman–Crippen LogP) is 3.76. The first-order chi connectivity index (χ1) is 14.6. The summed E-state index contributed by atoms with van der Waals surface area (Å²) < 4.78 is 33.1. The lowest BCUT2D eigenvalue weighted by Gasteiger charge is -2.29. The van der Waals surface area contributed by atoms with E-state index in [0.29, 0.717) is 12.2 Å². The van der Waals surface area contributed by atoms with Crippen molar-refractivity contribution < 1.29 is 22.9 Å². The molecule has 0 bridgehead atoms. The maximum absolute atomic E-state index is 13.4. The number of ether oxygens (including phenoxy) is 1. The molecule has 31 heavy (non-hydrogen) atoms. The standard InChI is InChI=1S/C22H26N2O6S/c1-16(2)13-14-23(31(28,29)21-11-7-19(8-12-21)24(26)27)22(17(3)25)15-18-5-9-20(30-4)10-6-18/h5-12,22H,1,13-15H2,2-4H3/t22-/m1/s1. The largest absolute Gasteiger partial charge is 0.497 e. The van der Waals surface area contributed by atoms with Crippen LogP contribution in [-0.2, 0) is 21.2 Å². The van der Waals surface area contributed by atoms with E-state index in [1.807, 2.05) is 0 Å². The number of rotatable bonds is 11. The fourth-order valence-electron chi connectivity index (χ4n) is 3.05. The molecule has 0 aliphatic heterocycles. The number of hydrogen-bond donors (Lipinski definition) is 0. The van der Waals surface area contributed by atoms with Gasteiger partial charge >= 0.3 is 0 Å². The normalized spacial score (nSPS) is 12.4. The molecular formula is C22H26N2O6S. The first kappa shape index (κ1) is 24.2. The number of ketones is 1. The molecule has 1 atom stereocenters. The van der Waals surface area contributed by atoms with Crippen molar-refractivity contribution in [3.8, 4) is 5.75 Å². The first-order valence-corrected chi connectivity index (χ1v) is 11.0. The number of nitrogens with zero attached hydrogens (tertiary/aromatic N) is 2. The van der Waals surface area contributed by atoms with Gasteiger partial charge in [0.15, 0.2) is 0 Å². The van der Waals surface area contributed by atoms with Crippen molar-refractivity contribution in [1.29, 1.82) is 0 Å². The lowest BCUT2D eigenvalue weighted by molar-refractivity contribution is -0.384. The van der Waals surface area contributed by atoms with E-state index in [0.717, 1.165) is 27.6 Å². The van der Waals surface area contributed by atoms with Crippen molar-refractivity contribution in [2.24, 2.45) is 0 Å². The van der Waals surface area contributed by atoms with Gasteiger partial charge in [-0.3, -0.25) is 14.9 Å². The fraction of sp³-hybridized carbons (Fsp3) is 0.318. The van der Waals surface area contributed by atoms with Gasteiger partial charge in [0.2, 0.25) is 10.0 Å². The molecule has 0 heterocycles. The molecule has 2 aromatic carbocycles. The molecular weight excluding hydrogens is 420 g/mol. The zero-order valence-corrected chi connectivity index (χ0v) is 18.6. The molecule has 0 aliphatic rings. The molecule has 0 spiro atoms. The van der Waals surface area contributed by atoms with Crippen LogP contribution in [0.5, 0.6) is 5.75 Å². The predicted molar refractivity (Wildman–Crippen MR) is 118 cm³/mol. The Bertz CT molecular complexity index is 1050. The lowest BCUT2D eigenvalue weighted by Crippen LogP contribution is -2.46. The van der Waals surface area contributed by atoms with Gasteiger partial charge in [-0.2, -0.15) is 4.31 Å². The quantitative estimate of drug-likeness (QED) is 0.295. The van der Waals surface area contributed by atoms with E-state index in [4.69, 9.17) is 4.74 Å². The van der Waals surface area contributed by atoms with Gasteiger partial charge in [0, 0.05) is 18.7 Å². The van der Waals surface area contributed by atoms with Gasteiger partial charge in [0.05, 0.1) is 23.0 Å². The SMILES string of the molecule is C=C(C)CCN([C@H](Cc1ccc(OC)cc1)C(C)=O)S(=O)(=O)c1ccc([N+](=O)[O-])cc1. The Morgan fingerprint density at radius 1 is 1.13 bits per heavy atom. The van der Waals surface area contributed by atoms with Gasteiger partial charge < -0.3 is 4.74 Å². The number of non-ortho nitro benzene ring substituents is 1. The lowest BCUT2D eigenvalue weighted by atomic mass is 10.0. The average molecular weight is 447 g/mol. The Hall–Kier alpha value is -3.04. The number of nitro benzene ring substituents is 1. The van der Waals surface area contributed by atoms with Crippen LogP contribution in [-0.4, -0.2) is 43.1 Å². The van der Waals surface area contributed by atoms with Crippen LogP contribution in [0.15, 0.2) is 65.6 Å². The number of carbonyl (C=O) groups is 1. The highest BCUT2D eigenvalue weighted by atomic mass is 32.2. The van der Waals surface area contributed by atoms with E-state index in [9.17, 15) is 23.3 Å². The second-order valence-electron chi connectivity index (χ2n) is 7.25. The third-order valence-electron chi connectivity index (χ3n) is 4.82. The Kier molecular flexibility index (Phi) is 8.07. The van der Waals surface area contributed by atoms with Gasteiger partial charge in [-0.15, -0.1) is 6.58 Å². The van der Waals surface area contributed by atoms with E-state index in [-0.39, 0.29) is 29.3 Å². The summed E-state index contributed by atoms with van der Waals surface area (Å²) >= 11 is 0. The average Bonchev–Trinajstić information content (AvgIpc) is 2.73. The van der Waals surface area contributed by atoms with E-state index < -0.39 is 21.0 Å². The number of benzene rings is 2. The van der Waals surface area contributed by atoms with Crippen LogP contribution in [0.1, 0.15) is 25.8 Å². The van der Waals surface area contributed by atoms with Gasteiger partial charge in [-0.1, -0.05) is 17.7 Å². The number of sulfonamides is 1. The van der Waals surface area contributed by atoms with E-state index in [1.54, 1.807) is 38.3 Å². The molecule has 9 heteroatoms. The maximum Gasteiger partial charge on any atom is 0.269 e. The van der Waals surface area contributed by atoms with Crippen LogP contribution >= 0.6 is 0 Å². The Morgan fingerprint density at radius 2 is 1.71 bits per heavy atom. The van der Waals surface area contributed by atoms with E-state index in [1.165, 1.54) is 19.1 Å². The smallest absolute Gasteiger partial charge is 0.269 e. The van der Waals surface area contributed by atoms with Crippen LogP contribution in [0.3, 0.4) is 0 Å². The van der Waals surface area contributed by atoms with Crippen LogP contribution in [0.4, 0.5) is 5.69 Å².